The highest BCUT2D eigenvalue weighted by molar-refractivity contribution is 6.00. The SMILES string of the molecule is O=C(c1ccccc1-c1ncn[nH]1)N1CCC[C@]2(CCNC2)C1. The summed E-state index contributed by atoms with van der Waals surface area (Å²) in [4.78, 5) is 19.3. The molecule has 1 amide bonds. The van der Waals surface area contributed by atoms with Crippen LogP contribution in [-0.2, 0) is 0 Å². The van der Waals surface area contributed by atoms with Crippen LogP contribution in [-0.4, -0.2) is 52.2 Å². The number of aromatic amines is 1. The quantitative estimate of drug-likeness (QED) is 0.885. The Morgan fingerprint density at radius 3 is 2.96 bits per heavy atom. The molecule has 0 unspecified atom stereocenters. The summed E-state index contributed by atoms with van der Waals surface area (Å²) in [7, 11) is 0. The third kappa shape index (κ3) is 2.63. The Labute approximate surface area is 135 Å². The van der Waals surface area contributed by atoms with E-state index in [0.717, 1.165) is 38.2 Å². The molecule has 2 saturated heterocycles. The number of nitrogens with one attached hydrogen (secondary N) is 2. The van der Waals surface area contributed by atoms with Crippen molar-refractivity contribution in [2.75, 3.05) is 26.2 Å². The maximum atomic E-state index is 13.1. The predicted molar refractivity (Wildman–Crippen MR) is 86.9 cm³/mol. The molecular formula is C17H21N5O. The molecule has 2 aliphatic rings. The van der Waals surface area contributed by atoms with E-state index in [-0.39, 0.29) is 11.3 Å². The zero-order chi connectivity index (χ0) is 15.7. The van der Waals surface area contributed by atoms with Gasteiger partial charge in [0, 0.05) is 30.6 Å². The number of nitrogens with zero attached hydrogens (tertiary/aromatic N) is 3. The molecule has 23 heavy (non-hydrogen) atoms. The smallest absolute Gasteiger partial charge is 0.254 e. The first-order chi connectivity index (χ1) is 11.3. The molecule has 1 atom stereocenters. The lowest BCUT2D eigenvalue weighted by Crippen LogP contribution is -2.47. The maximum absolute atomic E-state index is 13.1. The molecule has 3 heterocycles. The summed E-state index contributed by atoms with van der Waals surface area (Å²) < 4.78 is 0. The zero-order valence-electron chi connectivity index (χ0n) is 13.1. The van der Waals surface area contributed by atoms with Gasteiger partial charge in [-0.1, -0.05) is 18.2 Å². The lowest BCUT2D eigenvalue weighted by molar-refractivity contribution is 0.0554. The van der Waals surface area contributed by atoms with E-state index in [9.17, 15) is 4.79 Å². The fourth-order valence-corrected chi connectivity index (χ4v) is 3.91. The highest BCUT2D eigenvalue weighted by atomic mass is 16.2. The first-order valence-electron chi connectivity index (χ1n) is 8.22. The lowest BCUT2D eigenvalue weighted by atomic mass is 9.79. The second kappa shape index (κ2) is 5.77. The van der Waals surface area contributed by atoms with E-state index in [0.29, 0.717) is 11.4 Å². The van der Waals surface area contributed by atoms with Crippen LogP contribution >= 0.6 is 0 Å². The molecule has 0 bridgehead atoms. The van der Waals surface area contributed by atoms with Gasteiger partial charge in [-0.05, 0) is 31.9 Å². The van der Waals surface area contributed by atoms with Gasteiger partial charge in [0.2, 0.25) is 0 Å². The summed E-state index contributed by atoms with van der Waals surface area (Å²) in [6.07, 6.45) is 4.93. The predicted octanol–water partition coefficient (Wildman–Crippen LogP) is 1.69. The van der Waals surface area contributed by atoms with Gasteiger partial charge in [0.05, 0.1) is 5.56 Å². The summed E-state index contributed by atoms with van der Waals surface area (Å²) in [5.74, 6) is 0.742. The highest BCUT2D eigenvalue weighted by Gasteiger charge is 2.39. The lowest BCUT2D eigenvalue weighted by Gasteiger charge is -2.40. The van der Waals surface area contributed by atoms with Crippen LogP contribution in [0.25, 0.3) is 11.4 Å². The number of amides is 1. The molecule has 6 heteroatoms. The van der Waals surface area contributed by atoms with Gasteiger partial charge in [0.25, 0.3) is 5.91 Å². The van der Waals surface area contributed by atoms with Crippen LogP contribution in [0.2, 0.25) is 0 Å². The average Bonchev–Trinajstić information content (AvgIpc) is 3.27. The van der Waals surface area contributed by atoms with Crippen molar-refractivity contribution in [2.24, 2.45) is 5.41 Å². The Balaban J connectivity index is 1.62. The molecule has 0 saturated carbocycles. The van der Waals surface area contributed by atoms with Crippen molar-refractivity contribution in [2.45, 2.75) is 19.3 Å². The Hall–Kier alpha value is -2.21. The minimum absolute atomic E-state index is 0.1000. The first kappa shape index (κ1) is 14.4. The van der Waals surface area contributed by atoms with Gasteiger partial charge in [-0.3, -0.25) is 9.89 Å². The van der Waals surface area contributed by atoms with Gasteiger partial charge in [-0.15, -0.1) is 0 Å². The summed E-state index contributed by atoms with van der Waals surface area (Å²) in [5.41, 5.74) is 1.79. The van der Waals surface area contributed by atoms with Crippen molar-refractivity contribution < 1.29 is 4.79 Å². The topological polar surface area (TPSA) is 73.9 Å². The number of carbonyl (C=O) groups excluding carboxylic acids is 1. The standard InChI is InChI=1S/C17H21N5O/c23-16(22-9-3-6-17(11-22)7-8-18-10-17)14-5-2-1-4-13(14)15-19-12-20-21-15/h1-2,4-5,12,18H,3,6-11H2,(H,19,20,21)/t17-/m1/s1. The second-order valence-electron chi connectivity index (χ2n) is 6.64. The van der Waals surface area contributed by atoms with Crippen LogP contribution in [0.5, 0.6) is 0 Å². The number of carbonyl (C=O) groups is 1. The van der Waals surface area contributed by atoms with E-state index in [4.69, 9.17) is 0 Å². The van der Waals surface area contributed by atoms with Crippen LogP contribution in [0, 0.1) is 5.41 Å². The van der Waals surface area contributed by atoms with Gasteiger partial charge < -0.3 is 10.2 Å². The van der Waals surface area contributed by atoms with Crippen molar-refractivity contribution in [1.29, 1.82) is 0 Å². The van der Waals surface area contributed by atoms with E-state index in [1.807, 2.05) is 29.2 Å². The molecule has 2 N–H and O–H groups in total. The maximum Gasteiger partial charge on any atom is 0.254 e. The van der Waals surface area contributed by atoms with E-state index in [2.05, 4.69) is 20.5 Å². The van der Waals surface area contributed by atoms with Crippen molar-refractivity contribution in [3.63, 3.8) is 0 Å². The Morgan fingerprint density at radius 1 is 1.26 bits per heavy atom. The first-order valence-corrected chi connectivity index (χ1v) is 8.22. The minimum atomic E-state index is 0.1000. The molecule has 2 fully saturated rings. The Kier molecular flexibility index (Phi) is 3.61. The van der Waals surface area contributed by atoms with E-state index < -0.39 is 0 Å². The molecule has 1 aromatic heterocycles. The third-order valence-electron chi connectivity index (χ3n) is 5.11. The number of likely N-dealkylation sites (tertiary alicyclic amines) is 1. The molecule has 1 spiro atoms. The number of benzene rings is 1. The largest absolute Gasteiger partial charge is 0.338 e. The van der Waals surface area contributed by atoms with Gasteiger partial charge in [0.15, 0.2) is 5.82 Å². The third-order valence-corrected chi connectivity index (χ3v) is 5.11. The molecule has 0 radical (unpaired) electrons. The highest BCUT2D eigenvalue weighted by Crippen LogP contribution is 2.36. The molecule has 2 aromatic rings. The van der Waals surface area contributed by atoms with Gasteiger partial charge in [0.1, 0.15) is 6.33 Å². The molecule has 1 aromatic carbocycles. The Bertz CT molecular complexity index is 691. The zero-order valence-corrected chi connectivity index (χ0v) is 13.1. The Morgan fingerprint density at radius 2 is 2.17 bits per heavy atom. The summed E-state index contributed by atoms with van der Waals surface area (Å²) >= 11 is 0. The van der Waals surface area contributed by atoms with Crippen LogP contribution in [0.4, 0.5) is 0 Å². The molecule has 120 valence electrons. The summed E-state index contributed by atoms with van der Waals surface area (Å²) in [6.45, 7) is 3.78. The fraction of sp³-hybridized carbons (Fsp3) is 0.471. The van der Waals surface area contributed by atoms with Crippen LogP contribution < -0.4 is 5.32 Å². The minimum Gasteiger partial charge on any atom is -0.338 e. The van der Waals surface area contributed by atoms with Crippen molar-refractivity contribution in [1.82, 2.24) is 25.4 Å². The monoisotopic (exact) mass is 311 g/mol. The van der Waals surface area contributed by atoms with Crippen LogP contribution in [0.1, 0.15) is 29.6 Å². The average molecular weight is 311 g/mol. The normalized spacial score (nSPS) is 24.3. The van der Waals surface area contributed by atoms with Gasteiger partial charge >= 0.3 is 0 Å². The number of hydrogen-bond acceptors (Lipinski definition) is 4. The molecule has 6 nitrogen and oxygen atoms in total. The van der Waals surface area contributed by atoms with Crippen molar-refractivity contribution in [3.05, 3.63) is 36.2 Å². The number of piperidine rings is 1. The summed E-state index contributed by atoms with van der Waals surface area (Å²) in [6, 6.07) is 7.64. The summed E-state index contributed by atoms with van der Waals surface area (Å²) in [5, 5.41) is 10.2. The fourth-order valence-electron chi connectivity index (χ4n) is 3.91. The van der Waals surface area contributed by atoms with Crippen LogP contribution in [0.15, 0.2) is 30.6 Å². The van der Waals surface area contributed by atoms with Gasteiger partial charge in [-0.2, -0.15) is 5.10 Å². The van der Waals surface area contributed by atoms with Crippen molar-refractivity contribution >= 4 is 5.91 Å². The number of hydrogen-bond donors (Lipinski definition) is 2. The van der Waals surface area contributed by atoms with E-state index >= 15 is 0 Å². The van der Waals surface area contributed by atoms with Crippen LogP contribution in [0.3, 0.4) is 0 Å². The number of H-pyrrole nitrogens is 1. The van der Waals surface area contributed by atoms with Gasteiger partial charge in [-0.25, -0.2) is 4.98 Å². The molecule has 0 aliphatic carbocycles. The van der Waals surface area contributed by atoms with E-state index in [1.165, 1.54) is 19.2 Å². The van der Waals surface area contributed by atoms with Crippen molar-refractivity contribution in [3.8, 4) is 11.4 Å². The number of rotatable bonds is 2. The molecule has 4 rings (SSSR count). The molecule has 2 aliphatic heterocycles. The second-order valence-corrected chi connectivity index (χ2v) is 6.64. The van der Waals surface area contributed by atoms with E-state index in [1.54, 1.807) is 0 Å². The molecular weight excluding hydrogens is 290 g/mol. The number of aromatic nitrogens is 3.